The predicted octanol–water partition coefficient (Wildman–Crippen LogP) is 3.74. The number of ether oxygens (including phenoxy) is 1. The summed E-state index contributed by atoms with van der Waals surface area (Å²) in [6.07, 6.45) is 0.0753. The molecule has 0 aliphatic rings. The molecule has 0 unspecified atom stereocenters. The zero-order valence-electron chi connectivity index (χ0n) is 18.6. The number of benzene rings is 2. The first-order valence-electron chi connectivity index (χ1n) is 10.3. The first kappa shape index (κ1) is 23.3. The smallest absolute Gasteiger partial charge is 0.234 e. The van der Waals surface area contributed by atoms with Gasteiger partial charge in [-0.05, 0) is 56.2 Å². The SMILES string of the molecule is CCOc1ccc(NC(=O)Cc2nnc(SCC(=O)Nc3c(C)cccc3C)n2C)cc1. The van der Waals surface area contributed by atoms with Crippen LogP contribution < -0.4 is 15.4 Å². The van der Waals surface area contributed by atoms with Crippen molar-refractivity contribution in [1.82, 2.24) is 14.8 Å². The van der Waals surface area contributed by atoms with Gasteiger partial charge in [0.2, 0.25) is 11.8 Å². The Morgan fingerprint density at radius 3 is 2.34 bits per heavy atom. The third-order valence-corrected chi connectivity index (χ3v) is 5.79. The van der Waals surface area contributed by atoms with Gasteiger partial charge >= 0.3 is 0 Å². The van der Waals surface area contributed by atoms with Crippen molar-refractivity contribution in [3.8, 4) is 5.75 Å². The molecule has 0 bridgehead atoms. The lowest BCUT2D eigenvalue weighted by atomic mass is 10.1. The second-order valence-corrected chi connectivity index (χ2v) is 8.19. The van der Waals surface area contributed by atoms with Crippen molar-refractivity contribution in [2.75, 3.05) is 23.0 Å². The lowest BCUT2D eigenvalue weighted by Gasteiger charge is -2.11. The number of hydrogen-bond donors (Lipinski definition) is 2. The van der Waals surface area contributed by atoms with Gasteiger partial charge in [-0.3, -0.25) is 9.59 Å². The van der Waals surface area contributed by atoms with Crippen LogP contribution in [0.15, 0.2) is 47.6 Å². The topological polar surface area (TPSA) is 98.1 Å². The molecule has 168 valence electrons. The molecule has 0 saturated heterocycles. The van der Waals surface area contributed by atoms with Gasteiger partial charge < -0.3 is 19.9 Å². The lowest BCUT2D eigenvalue weighted by Crippen LogP contribution is -2.17. The first-order valence-corrected chi connectivity index (χ1v) is 11.3. The number of amides is 2. The van der Waals surface area contributed by atoms with Gasteiger partial charge in [-0.1, -0.05) is 30.0 Å². The van der Waals surface area contributed by atoms with E-state index >= 15 is 0 Å². The van der Waals surface area contributed by atoms with Crippen molar-refractivity contribution in [2.45, 2.75) is 32.3 Å². The first-order chi connectivity index (χ1) is 15.4. The van der Waals surface area contributed by atoms with E-state index in [1.54, 1.807) is 35.9 Å². The molecule has 0 atom stereocenters. The van der Waals surface area contributed by atoms with Crippen LogP contribution in [-0.4, -0.2) is 38.9 Å². The van der Waals surface area contributed by atoms with E-state index in [0.29, 0.717) is 23.3 Å². The number of thioether (sulfide) groups is 1. The second-order valence-electron chi connectivity index (χ2n) is 7.24. The standard InChI is InChI=1S/C23H27N5O3S/c1-5-31-18-11-9-17(10-12-18)24-20(29)13-19-26-27-23(28(19)4)32-14-21(30)25-22-15(2)7-6-8-16(22)3/h6-12H,5,13-14H2,1-4H3,(H,24,29)(H,25,30). The van der Waals surface area contributed by atoms with Crippen molar-refractivity contribution in [3.05, 3.63) is 59.4 Å². The van der Waals surface area contributed by atoms with E-state index in [-0.39, 0.29) is 24.0 Å². The normalized spacial score (nSPS) is 10.6. The van der Waals surface area contributed by atoms with Gasteiger partial charge in [0.25, 0.3) is 0 Å². The summed E-state index contributed by atoms with van der Waals surface area (Å²) in [5.74, 6) is 1.14. The maximum atomic E-state index is 12.4. The molecule has 0 aliphatic heterocycles. The molecule has 9 heteroatoms. The van der Waals surface area contributed by atoms with Crippen LogP contribution in [-0.2, 0) is 23.1 Å². The Labute approximate surface area is 191 Å². The highest BCUT2D eigenvalue weighted by Gasteiger charge is 2.15. The molecule has 2 amide bonds. The Morgan fingerprint density at radius 2 is 1.69 bits per heavy atom. The zero-order chi connectivity index (χ0) is 23.1. The van der Waals surface area contributed by atoms with Gasteiger partial charge in [0.1, 0.15) is 11.6 Å². The fraction of sp³-hybridized carbons (Fsp3) is 0.304. The summed E-state index contributed by atoms with van der Waals surface area (Å²) in [6.45, 7) is 6.43. The van der Waals surface area contributed by atoms with Crippen LogP contribution >= 0.6 is 11.8 Å². The monoisotopic (exact) mass is 453 g/mol. The van der Waals surface area contributed by atoms with Crippen molar-refractivity contribution in [1.29, 1.82) is 0 Å². The summed E-state index contributed by atoms with van der Waals surface area (Å²) in [4.78, 5) is 24.8. The minimum atomic E-state index is -0.200. The van der Waals surface area contributed by atoms with Gasteiger partial charge in [0, 0.05) is 18.4 Å². The van der Waals surface area contributed by atoms with Crippen LogP contribution in [0, 0.1) is 13.8 Å². The van der Waals surface area contributed by atoms with Gasteiger partial charge in [0.15, 0.2) is 5.16 Å². The van der Waals surface area contributed by atoms with Crippen LogP contribution in [0.1, 0.15) is 23.9 Å². The summed E-state index contributed by atoms with van der Waals surface area (Å²) in [7, 11) is 1.78. The maximum absolute atomic E-state index is 12.4. The molecule has 3 aromatic rings. The summed E-state index contributed by atoms with van der Waals surface area (Å²) in [6, 6.07) is 13.1. The Hall–Kier alpha value is -3.33. The van der Waals surface area contributed by atoms with Crippen molar-refractivity contribution < 1.29 is 14.3 Å². The molecule has 0 radical (unpaired) electrons. The van der Waals surface area contributed by atoms with E-state index < -0.39 is 0 Å². The molecule has 3 rings (SSSR count). The van der Waals surface area contributed by atoms with Crippen molar-refractivity contribution in [3.63, 3.8) is 0 Å². The number of rotatable bonds is 9. The van der Waals surface area contributed by atoms with Crippen molar-refractivity contribution in [2.24, 2.45) is 7.05 Å². The number of carbonyl (C=O) groups excluding carboxylic acids is 2. The van der Waals surface area contributed by atoms with Gasteiger partial charge in [-0.15, -0.1) is 10.2 Å². The molecule has 2 aromatic carbocycles. The largest absolute Gasteiger partial charge is 0.494 e. The van der Waals surface area contributed by atoms with E-state index in [4.69, 9.17) is 4.74 Å². The summed E-state index contributed by atoms with van der Waals surface area (Å²) in [5.41, 5.74) is 3.55. The number of nitrogens with zero attached hydrogens (tertiary/aromatic N) is 3. The number of anilines is 2. The summed E-state index contributed by atoms with van der Waals surface area (Å²) in [5, 5.41) is 14.6. The predicted molar refractivity (Wildman–Crippen MR) is 126 cm³/mol. The van der Waals surface area contributed by atoms with Gasteiger partial charge in [-0.25, -0.2) is 0 Å². The van der Waals surface area contributed by atoms with Crippen molar-refractivity contribution >= 4 is 35.0 Å². The molecule has 1 heterocycles. The average Bonchev–Trinajstić information content (AvgIpc) is 3.10. The molecule has 0 spiro atoms. The second kappa shape index (κ2) is 10.8. The van der Waals surface area contributed by atoms with Gasteiger partial charge in [0.05, 0.1) is 18.8 Å². The number of hydrogen-bond acceptors (Lipinski definition) is 6. The maximum Gasteiger partial charge on any atom is 0.234 e. The Kier molecular flexibility index (Phi) is 7.88. The van der Waals surface area contributed by atoms with Crippen LogP contribution in [0.5, 0.6) is 5.75 Å². The number of aryl methyl sites for hydroxylation is 2. The summed E-state index contributed by atoms with van der Waals surface area (Å²) < 4.78 is 7.13. The third-order valence-electron chi connectivity index (χ3n) is 4.77. The van der Waals surface area contributed by atoms with Crippen LogP contribution in [0.2, 0.25) is 0 Å². The number of aromatic nitrogens is 3. The minimum absolute atomic E-state index is 0.0753. The quantitative estimate of drug-likeness (QED) is 0.479. The Bertz CT molecular complexity index is 1080. The highest BCUT2D eigenvalue weighted by Crippen LogP contribution is 2.21. The number of carbonyl (C=O) groups is 2. The number of nitrogens with one attached hydrogen (secondary N) is 2. The molecule has 8 nitrogen and oxygen atoms in total. The molecular formula is C23H27N5O3S. The van der Waals surface area contributed by atoms with E-state index in [2.05, 4.69) is 20.8 Å². The van der Waals surface area contributed by atoms with Crippen LogP contribution in [0.4, 0.5) is 11.4 Å². The third kappa shape index (κ3) is 6.10. The van der Waals surface area contributed by atoms with Crippen LogP contribution in [0.3, 0.4) is 0 Å². The zero-order valence-corrected chi connectivity index (χ0v) is 19.5. The summed E-state index contributed by atoms with van der Waals surface area (Å²) >= 11 is 1.28. The highest BCUT2D eigenvalue weighted by molar-refractivity contribution is 7.99. The van der Waals surface area contributed by atoms with E-state index in [1.165, 1.54) is 11.8 Å². The lowest BCUT2D eigenvalue weighted by molar-refractivity contribution is -0.116. The average molecular weight is 454 g/mol. The molecule has 0 aliphatic carbocycles. The highest BCUT2D eigenvalue weighted by atomic mass is 32.2. The Morgan fingerprint density at radius 1 is 1.00 bits per heavy atom. The molecule has 32 heavy (non-hydrogen) atoms. The molecule has 0 saturated carbocycles. The van der Waals surface area contributed by atoms with Crippen LogP contribution in [0.25, 0.3) is 0 Å². The van der Waals surface area contributed by atoms with E-state index in [9.17, 15) is 9.59 Å². The van der Waals surface area contributed by atoms with E-state index in [0.717, 1.165) is 22.6 Å². The molecule has 2 N–H and O–H groups in total. The Balaban J connectivity index is 1.53. The fourth-order valence-corrected chi connectivity index (χ4v) is 3.82. The fourth-order valence-electron chi connectivity index (χ4n) is 3.09. The molecule has 0 fully saturated rings. The van der Waals surface area contributed by atoms with E-state index in [1.807, 2.05) is 39.0 Å². The molecular weight excluding hydrogens is 426 g/mol. The number of para-hydroxylation sites is 1. The van der Waals surface area contributed by atoms with Gasteiger partial charge in [-0.2, -0.15) is 0 Å². The molecule has 1 aromatic heterocycles. The minimum Gasteiger partial charge on any atom is -0.494 e.